The number of hydrogen-bond acceptors (Lipinski definition) is 6. The first-order valence-electron chi connectivity index (χ1n) is 6.44. The van der Waals surface area contributed by atoms with Crippen molar-refractivity contribution in [2.24, 2.45) is 0 Å². The summed E-state index contributed by atoms with van der Waals surface area (Å²) in [5.74, 6) is -0.568. The van der Waals surface area contributed by atoms with Crippen LogP contribution in [0, 0.1) is 0 Å². The maximum Gasteiger partial charge on any atom is 0.237 e. The summed E-state index contributed by atoms with van der Waals surface area (Å²) >= 11 is 1.12. The first-order valence-corrected chi connectivity index (χ1v) is 8.97. The van der Waals surface area contributed by atoms with Crippen molar-refractivity contribution in [3.05, 3.63) is 17.5 Å². The van der Waals surface area contributed by atoms with Gasteiger partial charge in [-0.05, 0) is 30.8 Å². The van der Waals surface area contributed by atoms with E-state index in [0.29, 0.717) is 0 Å². The maximum atomic E-state index is 11.9. The fraction of sp³-hybridized carbons (Fsp3) is 0.583. The normalized spacial score (nSPS) is 19.8. The number of hydrogen-bond donors (Lipinski definition) is 3. The topological polar surface area (TPSA) is 95.5 Å². The van der Waals surface area contributed by atoms with E-state index in [2.05, 4.69) is 10.6 Å². The SMILES string of the molecule is Cl.O=C(NCC(O)CS(=O)(=O)c1cccs1)C1CCCN1. The predicted octanol–water partition coefficient (Wildman–Crippen LogP) is 0.173. The van der Waals surface area contributed by atoms with E-state index in [1.165, 1.54) is 6.07 Å². The Kier molecular flexibility index (Phi) is 7.08. The molecule has 1 aliphatic rings. The van der Waals surface area contributed by atoms with Gasteiger partial charge in [0.25, 0.3) is 0 Å². The quantitative estimate of drug-likeness (QED) is 0.677. The number of aliphatic hydroxyl groups is 1. The van der Waals surface area contributed by atoms with Crippen LogP contribution in [-0.4, -0.2) is 50.4 Å². The van der Waals surface area contributed by atoms with Gasteiger partial charge in [0.15, 0.2) is 9.84 Å². The summed E-state index contributed by atoms with van der Waals surface area (Å²) in [5.41, 5.74) is 0. The summed E-state index contributed by atoms with van der Waals surface area (Å²) in [6.45, 7) is 0.759. The molecule has 0 bridgehead atoms. The lowest BCUT2D eigenvalue weighted by Gasteiger charge is -2.14. The Morgan fingerprint density at radius 1 is 1.57 bits per heavy atom. The van der Waals surface area contributed by atoms with Crippen molar-refractivity contribution >= 4 is 39.5 Å². The molecule has 1 amide bonds. The molecule has 1 saturated heterocycles. The van der Waals surface area contributed by atoms with Crippen LogP contribution < -0.4 is 10.6 Å². The highest BCUT2D eigenvalue weighted by molar-refractivity contribution is 7.93. The molecule has 0 aliphatic carbocycles. The molecule has 1 aromatic rings. The second-order valence-electron chi connectivity index (χ2n) is 4.76. The van der Waals surface area contributed by atoms with Crippen LogP contribution in [0.25, 0.3) is 0 Å². The van der Waals surface area contributed by atoms with E-state index in [1.807, 2.05) is 0 Å². The summed E-state index contributed by atoms with van der Waals surface area (Å²) in [4.78, 5) is 11.7. The first-order chi connectivity index (χ1) is 9.49. The van der Waals surface area contributed by atoms with Crippen LogP contribution in [0.4, 0.5) is 0 Å². The molecule has 1 aliphatic heterocycles. The molecule has 0 spiro atoms. The fourth-order valence-corrected chi connectivity index (χ4v) is 4.56. The third kappa shape index (κ3) is 5.23. The Balaban J connectivity index is 0.00000220. The summed E-state index contributed by atoms with van der Waals surface area (Å²) in [6.07, 6.45) is 0.621. The van der Waals surface area contributed by atoms with Gasteiger partial charge in [-0.3, -0.25) is 4.79 Å². The number of thiophene rings is 1. The molecule has 21 heavy (non-hydrogen) atoms. The molecule has 2 atom stereocenters. The number of carbonyl (C=O) groups is 1. The van der Waals surface area contributed by atoms with E-state index in [4.69, 9.17) is 0 Å². The molecule has 0 aromatic carbocycles. The lowest BCUT2D eigenvalue weighted by atomic mass is 10.2. The Hall–Kier alpha value is -0.670. The van der Waals surface area contributed by atoms with Crippen molar-refractivity contribution < 1.29 is 18.3 Å². The van der Waals surface area contributed by atoms with E-state index < -0.39 is 15.9 Å². The number of carbonyl (C=O) groups excluding carboxylic acids is 1. The van der Waals surface area contributed by atoms with Gasteiger partial charge in [0.05, 0.1) is 17.9 Å². The molecule has 6 nitrogen and oxygen atoms in total. The predicted molar refractivity (Wildman–Crippen MR) is 83.7 cm³/mol. The molecule has 1 aromatic heterocycles. The Labute approximate surface area is 134 Å². The third-order valence-electron chi connectivity index (χ3n) is 3.10. The number of amides is 1. The highest BCUT2D eigenvalue weighted by Crippen LogP contribution is 2.18. The van der Waals surface area contributed by atoms with Crippen LogP contribution in [0.15, 0.2) is 21.7 Å². The largest absolute Gasteiger partial charge is 0.390 e. The van der Waals surface area contributed by atoms with Gasteiger partial charge in [-0.1, -0.05) is 6.07 Å². The lowest BCUT2D eigenvalue weighted by Crippen LogP contribution is -2.44. The summed E-state index contributed by atoms with van der Waals surface area (Å²) in [7, 11) is -3.48. The zero-order valence-electron chi connectivity index (χ0n) is 11.3. The summed E-state index contributed by atoms with van der Waals surface area (Å²) in [5, 5.41) is 17.1. The Bertz CT molecular complexity index is 542. The maximum absolute atomic E-state index is 11.9. The van der Waals surface area contributed by atoms with Crippen molar-refractivity contribution in [2.75, 3.05) is 18.8 Å². The van der Waals surface area contributed by atoms with Crippen molar-refractivity contribution in [3.63, 3.8) is 0 Å². The van der Waals surface area contributed by atoms with E-state index in [9.17, 15) is 18.3 Å². The number of aliphatic hydroxyl groups excluding tert-OH is 1. The average Bonchev–Trinajstić information content (AvgIpc) is 3.07. The van der Waals surface area contributed by atoms with Crippen molar-refractivity contribution in [2.45, 2.75) is 29.2 Å². The summed E-state index contributed by atoms with van der Waals surface area (Å²) < 4.78 is 24.1. The van der Waals surface area contributed by atoms with Crippen LogP contribution in [0.5, 0.6) is 0 Å². The first kappa shape index (κ1) is 18.4. The van der Waals surface area contributed by atoms with E-state index in [-0.39, 0.29) is 40.9 Å². The minimum Gasteiger partial charge on any atom is -0.390 e. The zero-order chi connectivity index (χ0) is 14.6. The minimum atomic E-state index is -3.48. The zero-order valence-corrected chi connectivity index (χ0v) is 13.8. The van der Waals surface area contributed by atoms with Crippen LogP contribution in [-0.2, 0) is 14.6 Å². The van der Waals surface area contributed by atoms with Crippen molar-refractivity contribution in [1.82, 2.24) is 10.6 Å². The molecule has 2 rings (SSSR count). The molecule has 0 radical (unpaired) electrons. The van der Waals surface area contributed by atoms with Gasteiger partial charge >= 0.3 is 0 Å². The number of rotatable bonds is 6. The van der Waals surface area contributed by atoms with Crippen LogP contribution >= 0.6 is 23.7 Å². The standard InChI is InChI=1S/C12H18N2O4S2.ClH/c15-9(7-14-12(16)10-3-1-5-13-10)8-20(17,18)11-4-2-6-19-11;/h2,4,6,9-10,13,15H,1,3,5,7-8H2,(H,14,16);1H. The van der Waals surface area contributed by atoms with Crippen LogP contribution in [0.3, 0.4) is 0 Å². The number of nitrogens with one attached hydrogen (secondary N) is 2. The fourth-order valence-electron chi connectivity index (χ4n) is 2.08. The van der Waals surface area contributed by atoms with Gasteiger partial charge in [0.1, 0.15) is 4.21 Å². The third-order valence-corrected chi connectivity index (χ3v) is 6.39. The molecule has 120 valence electrons. The average molecular weight is 355 g/mol. The van der Waals surface area contributed by atoms with E-state index >= 15 is 0 Å². The number of halogens is 1. The number of sulfone groups is 1. The molecule has 2 unspecified atom stereocenters. The van der Waals surface area contributed by atoms with E-state index in [1.54, 1.807) is 11.4 Å². The molecule has 9 heteroatoms. The second-order valence-corrected chi connectivity index (χ2v) is 7.97. The molecule has 1 fully saturated rings. The Morgan fingerprint density at radius 3 is 2.90 bits per heavy atom. The van der Waals surface area contributed by atoms with Gasteiger partial charge in [0, 0.05) is 6.54 Å². The van der Waals surface area contributed by atoms with Gasteiger partial charge in [-0.25, -0.2) is 8.42 Å². The highest BCUT2D eigenvalue weighted by Gasteiger charge is 2.24. The van der Waals surface area contributed by atoms with Crippen LogP contribution in [0.1, 0.15) is 12.8 Å². The van der Waals surface area contributed by atoms with Crippen molar-refractivity contribution in [1.29, 1.82) is 0 Å². The molecule has 2 heterocycles. The molecule has 3 N–H and O–H groups in total. The van der Waals surface area contributed by atoms with Gasteiger partial charge in [0.2, 0.25) is 5.91 Å². The second kappa shape index (κ2) is 8.09. The van der Waals surface area contributed by atoms with Gasteiger partial charge in [-0.2, -0.15) is 0 Å². The van der Waals surface area contributed by atoms with Gasteiger partial charge < -0.3 is 15.7 Å². The molecular formula is C12H19ClN2O4S2. The summed E-state index contributed by atoms with van der Waals surface area (Å²) in [6, 6.07) is 2.93. The highest BCUT2D eigenvalue weighted by atomic mass is 35.5. The monoisotopic (exact) mass is 354 g/mol. The smallest absolute Gasteiger partial charge is 0.237 e. The minimum absolute atomic E-state index is 0. The van der Waals surface area contributed by atoms with Crippen LogP contribution in [0.2, 0.25) is 0 Å². The molecule has 0 saturated carbocycles. The van der Waals surface area contributed by atoms with Crippen molar-refractivity contribution in [3.8, 4) is 0 Å². The Morgan fingerprint density at radius 2 is 2.33 bits per heavy atom. The van der Waals surface area contributed by atoms with Gasteiger partial charge in [-0.15, -0.1) is 23.7 Å². The molecular weight excluding hydrogens is 336 g/mol. The van der Waals surface area contributed by atoms with E-state index in [0.717, 1.165) is 30.7 Å². The lowest BCUT2D eigenvalue weighted by molar-refractivity contribution is -0.123.